The number of ether oxygens (including phenoxy) is 1. The first-order valence-corrected chi connectivity index (χ1v) is 8.53. The molecule has 2 aliphatic heterocycles. The molecule has 4 rings (SSSR count). The lowest BCUT2D eigenvalue weighted by Gasteiger charge is -2.26. The van der Waals surface area contributed by atoms with Gasteiger partial charge in [-0.05, 0) is 24.6 Å². The van der Waals surface area contributed by atoms with Gasteiger partial charge >= 0.3 is 0 Å². The number of aromatic nitrogens is 3. The van der Waals surface area contributed by atoms with Crippen molar-refractivity contribution in [2.24, 2.45) is 0 Å². The molecule has 0 unspecified atom stereocenters. The molecule has 0 radical (unpaired) electrons. The van der Waals surface area contributed by atoms with Crippen LogP contribution in [0.2, 0.25) is 5.15 Å². The van der Waals surface area contributed by atoms with Crippen LogP contribution in [0.3, 0.4) is 0 Å². The lowest BCUT2D eigenvalue weighted by Crippen LogP contribution is -2.40. The van der Waals surface area contributed by atoms with Crippen molar-refractivity contribution < 1.29 is 14.3 Å². The third kappa shape index (κ3) is 2.87. The van der Waals surface area contributed by atoms with Crippen molar-refractivity contribution in [1.29, 1.82) is 0 Å². The van der Waals surface area contributed by atoms with E-state index in [1.807, 2.05) is 6.92 Å². The molecule has 1 saturated heterocycles. The number of halogens is 1. The molecule has 26 heavy (non-hydrogen) atoms. The van der Waals surface area contributed by atoms with Crippen LogP contribution in [-0.2, 0) is 9.53 Å². The van der Waals surface area contributed by atoms with Gasteiger partial charge in [0.1, 0.15) is 23.0 Å². The van der Waals surface area contributed by atoms with Gasteiger partial charge in [0.15, 0.2) is 0 Å². The first-order chi connectivity index (χ1) is 12.5. The molecule has 0 aromatic carbocycles. The van der Waals surface area contributed by atoms with Crippen molar-refractivity contribution in [2.75, 3.05) is 31.6 Å². The van der Waals surface area contributed by atoms with Crippen LogP contribution >= 0.6 is 11.6 Å². The van der Waals surface area contributed by atoms with Crippen LogP contribution in [0.1, 0.15) is 27.3 Å². The Balaban J connectivity index is 1.68. The fraction of sp³-hybridized carbons (Fsp3) is 0.294. The second-order valence-corrected chi connectivity index (χ2v) is 6.44. The van der Waals surface area contributed by atoms with Gasteiger partial charge in [0.05, 0.1) is 24.4 Å². The minimum atomic E-state index is -0.308. The Morgan fingerprint density at radius 1 is 1.35 bits per heavy atom. The van der Waals surface area contributed by atoms with E-state index >= 15 is 0 Å². The average Bonchev–Trinajstić information content (AvgIpc) is 3.16. The summed E-state index contributed by atoms with van der Waals surface area (Å²) in [6.07, 6.45) is 2.96. The van der Waals surface area contributed by atoms with Crippen LogP contribution < -0.4 is 5.32 Å². The summed E-state index contributed by atoms with van der Waals surface area (Å²) in [4.78, 5) is 37.7. The Hall–Kier alpha value is -2.71. The number of hydrogen-bond acceptors (Lipinski definition) is 5. The fourth-order valence-corrected chi connectivity index (χ4v) is 3.28. The number of fused-ring (bicyclic) bond motifs is 1. The van der Waals surface area contributed by atoms with Gasteiger partial charge in [0, 0.05) is 18.8 Å². The number of H-pyrrole nitrogens is 1. The summed E-state index contributed by atoms with van der Waals surface area (Å²) in [7, 11) is 0. The molecular formula is C17H16ClN5O3. The molecule has 0 aliphatic carbocycles. The molecule has 2 aromatic rings. The van der Waals surface area contributed by atoms with Gasteiger partial charge in [-0.2, -0.15) is 0 Å². The fourth-order valence-electron chi connectivity index (χ4n) is 3.04. The summed E-state index contributed by atoms with van der Waals surface area (Å²) in [5.41, 5.74) is 2.82. The van der Waals surface area contributed by atoms with Crippen molar-refractivity contribution in [3.63, 3.8) is 0 Å². The van der Waals surface area contributed by atoms with E-state index in [9.17, 15) is 9.59 Å². The monoisotopic (exact) mass is 373 g/mol. The number of hydrogen-bond donors (Lipinski definition) is 2. The maximum absolute atomic E-state index is 12.6. The van der Waals surface area contributed by atoms with Gasteiger partial charge in [-0.1, -0.05) is 11.6 Å². The number of nitrogens with zero attached hydrogens (tertiary/aromatic N) is 3. The molecule has 2 aromatic heterocycles. The lowest BCUT2D eigenvalue weighted by molar-refractivity contribution is -0.110. The van der Waals surface area contributed by atoms with Crippen molar-refractivity contribution in [3.05, 3.63) is 40.1 Å². The number of anilines is 1. The zero-order valence-corrected chi connectivity index (χ0v) is 14.8. The van der Waals surface area contributed by atoms with E-state index in [-0.39, 0.29) is 17.0 Å². The van der Waals surface area contributed by atoms with Gasteiger partial charge in [-0.15, -0.1) is 0 Å². The summed E-state index contributed by atoms with van der Waals surface area (Å²) in [5.74, 6) is -0.00813. The molecule has 4 heterocycles. The molecule has 9 heteroatoms. The standard InChI is InChI=1S/C17H16ClN5O3/c1-9-6-12(17(25)23-2-4-26-5-3-23)21-11(9)7-10-13-14(18)19-8-20-15(13)22-16(10)24/h6-8,21H,2-5H2,1H3,(H,19,20,22,24). The van der Waals surface area contributed by atoms with Crippen LogP contribution in [0.5, 0.6) is 0 Å². The van der Waals surface area contributed by atoms with E-state index < -0.39 is 0 Å². The Morgan fingerprint density at radius 2 is 2.12 bits per heavy atom. The average molecular weight is 374 g/mol. The van der Waals surface area contributed by atoms with E-state index in [2.05, 4.69) is 20.3 Å². The van der Waals surface area contributed by atoms with E-state index in [1.54, 1.807) is 17.0 Å². The summed E-state index contributed by atoms with van der Waals surface area (Å²) >= 11 is 6.13. The summed E-state index contributed by atoms with van der Waals surface area (Å²) < 4.78 is 5.28. The Labute approximate surface area is 154 Å². The lowest BCUT2D eigenvalue weighted by atomic mass is 10.1. The molecule has 0 atom stereocenters. The minimum absolute atomic E-state index is 0.0845. The number of carbonyl (C=O) groups excluding carboxylic acids is 2. The highest BCUT2D eigenvalue weighted by Crippen LogP contribution is 2.35. The van der Waals surface area contributed by atoms with Gasteiger partial charge in [0.25, 0.3) is 11.8 Å². The number of amides is 2. The maximum Gasteiger partial charge on any atom is 0.270 e. The van der Waals surface area contributed by atoms with Gasteiger partial charge in [0.2, 0.25) is 0 Å². The second-order valence-electron chi connectivity index (χ2n) is 6.08. The van der Waals surface area contributed by atoms with E-state index in [0.717, 1.165) is 5.56 Å². The zero-order valence-electron chi connectivity index (χ0n) is 14.0. The van der Waals surface area contributed by atoms with Crippen LogP contribution in [0, 0.1) is 6.92 Å². The third-order valence-corrected chi connectivity index (χ3v) is 4.71. The molecule has 8 nitrogen and oxygen atoms in total. The Bertz CT molecular complexity index is 930. The van der Waals surface area contributed by atoms with Gasteiger partial charge in [-0.3, -0.25) is 9.59 Å². The molecule has 134 valence electrons. The van der Waals surface area contributed by atoms with Gasteiger partial charge < -0.3 is 19.9 Å². The molecule has 2 N–H and O–H groups in total. The number of nitrogens with one attached hydrogen (secondary N) is 2. The summed E-state index contributed by atoms with van der Waals surface area (Å²) in [5, 5.41) is 2.87. The first kappa shape index (κ1) is 16.7. The number of carbonyl (C=O) groups is 2. The predicted octanol–water partition coefficient (Wildman–Crippen LogP) is 1.73. The SMILES string of the molecule is Cc1cc(C(=O)N2CCOCC2)[nH]c1C=C1C(=O)Nc2ncnc(Cl)c21. The smallest absolute Gasteiger partial charge is 0.270 e. The Morgan fingerprint density at radius 3 is 2.88 bits per heavy atom. The van der Waals surface area contributed by atoms with Crippen molar-refractivity contribution in [2.45, 2.75) is 6.92 Å². The van der Waals surface area contributed by atoms with Crippen molar-refractivity contribution in [3.8, 4) is 0 Å². The predicted molar refractivity (Wildman–Crippen MR) is 95.8 cm³/mol. The first-order valence-electron chi connectivity index (χ1n) is 8.15. The van der Waals surface area contributed by atoms with Crippen molar-refractivity contribution >= 4 is 40.9 Å². The number of rotatable bonds is 2. The van der Waals surface area contributed by atoms with Crippen LogP contribution in [0.4, 0.5) is 5.82 Å². The van der Waals surface area contributed by atoms with E-state index in [4.69, 9.17) is 16.3 Å². The van der Waals surface area contributed by atoms with Crippen LogP contribution in [-0.4, -0.2) is 58.0 Å². The topological polar surface area (TPSA) is 100 Å². The summed E-state index contributed by atoms with van der Waals surface area (Å²) in [6, 6.07) is 1.78. The molecule has 0 saturated carbocycles. The van der Waals surface area contributed by atoms with Gasteiger partial charge in [-0.25, -0.2) is 9.97 Å². The maximum atomic E-state index is 12.6. The highest BCUT2D eigenvalue weighted by Gasteiger charge is 2.29. The molecule has 0 spiro atoms. The second kappa shape index (κ2) is 6.54. The van der Waals surface area contributed by atoms with Crippen LogP contribution in [0.25, 0.3) is 11.6 Å². The van der Waals surface area contributed by atoms with E-state index in [0.29, 0.717) is 54.6 Å². The zero-order chi connectivity index (χ0) is 18.3. The molecule has 2 aliphatic rings. The Kier molecular flexibility index (Phi) is 4.21. The summed E-state index contributed by atoms with van der Waals surface area (Å²) in [6.45, 7) is 4.08. The minimum Gasteiger partial charge on any atom is -0.378 e. The largest absolute Gasteiger partial charge is 0.378 e. The normalized spacial score (nSPS) is 18.2. The third-order valence-electron chi connectivity index (χ3n) is 4.42. The molecule has 2 amide bonds. The highest BCUT2D eigenvalue weighted by molar-refractivity contribution is 6.40. The number of aromatic amines is 1. The molecule has 0 bridgehead atoms. The quantitative estimate of drug-likeness (QED) is 0.616. The number of morpholine rings is 1. The van der Waals surface area contributed by atoms with Crippen LogP contribution in [0.15, 0.2) is 12.4 Å². The highest BCUT2D eigenvalue weighted by atomic mass is 35.5. The van der Waals surface area contributed by atoms with Crippen molar-refractivity contribution in [1.82, 2.24) is 19.9 Å². The number of aryl methyl sites for hydroxylation is 1. The van der Waals surface area contributed by atoms with E-state index in [1.165, 1.54) is 6.33 Å². The molecular weight excluding hydrogens is 358 g/mol. The molecule has 1 fully saturated rings.